The van der Waals surface area contributed by atoms with E-state index in [4.69, 9.17) is 15.9 Å². The van der Waals surface area contributed by atoms with E-state index in [0.29, 0.717) is 10.7 Å². The third-order valence-electron chi connectivity index (χ3n) is 1.83. The van der Waals surface area contributed by atoms with Crippen LogP contribution in [0.5, 0.6) is 0 Å². The molecule has 1 heterocycles. The minimum atomic E-state index is -1.18. The zero-order valence-corrected chi connectivity index (χ0v) is 8.78. The molecule has 1 aromatic carbocycles. The molecule has 7 heteroatoms. The standard InChI is InChI=1S/C7H4N2O.C3H7NO3/c10-7-8-5-3-1-2-4-6(5)9-7;4-2(1-5)3(6)7/h1-4H;2,5H,1,4H2,(H,6,7)/t;2-/m.0/s1. The highest BCUT2D eigenvalue weighted by Crippen LogP contribution is 1.83. The van der Waals surface area contributed by atoms with E-state index < -0.39 is 24.6 Å². The van der Waals surface area contributed by atoms with Crippen LogP contribution in [0.15, 0.2) is 34.3 Å². The van der Waals surface area contributed by atoms with E-state index in [1.165, 1.54) is 0 Å². The summed E-state index contributed by atoms with van der Waals surface area (Å²) in [7, 11) is 0. The van der Waals surface area contributed by atoms with E-state index in [9.17, 15) is 9.59 Å². The predicted octanol–water partition coefficient (Wildman–Crippen LogP) is -1.55. The lowest BCUT2D eigenvalue weighted by molar-refractivity contribution is -0.139. The van der Waals surface area contributed by atoms with Crippen LogP contribution in [0.2, 0.25) is 0 Å². The average Bonchev–Trinajstić information content (AvgIpc) is 2.68. The highest BCUT2D eigenvalue weighted by atomic mass is 16.4. The Hall–Kier alpha value is -2.12. The van der Waals surface area contributed by atoms with Crippen molar-refractivity contribution in [2.75, 3.05) is 6.61 Å². The van der Waals surface area contributed by atoms with Crippen LogP contribution in [0, 0.1) is 0 Å². The van der Waals surface area contributed by atoms with Crippen LogP contribution in [0.4, 0.5) is 4.79 Å². The van der Waals surface area contributed by atoms with Gasteiger partial charge >= 0.3 is 12.0 Å². The third kappa shape index (κ3) is 3.74. The fourth-order valence-corrected chi connectivity index (χ4v) is 0.962. The third-order valence-corrected chi connectivity index (χ3v) is 1.83. The molecule has 0 spiro atoms. The molecule has 0 saturated heterocycles. The number of para-hydroxylation sites is 2. The van der Waals surface area contributed by atoms with Gasteiger partial charge in [0.05, 0.1) is 17.3 Å². The minimum absolute atomic E-state index is 0.402. The Balaban J connectivity index is 0.000000185. The number of urea groups is 1. The molecule has 1 atom stereocenters. The number of carbonyl (C=O) groups excluding carboxylic acids is 1. The molecule has 90 valence electrons. The van der Waals surface area contributed by atoms with Gasteiger partial charge in [-0.3, -0.25) is 4.79 Å². The summed E-state index contributed by atoms with van der Waals surface area (Å²) in [6.45, 7) is -0.505. The summed E-state index contributed by atoms with van der Waals surface area (Å²) in [5, 5.41) is 17.2. The van der Waals surface area contributed by atoms with Crippen molar-refractivity contribution < 1.29 is 19.8 Å². The first-order valence-corrected chi connectivity index (χ1v) is 4.70. The molecule has 0 aromatic heterocycles. The highest BCUT2D eigenvalue weighted by Gasteiger charge is 2.07. The molecule has 4 N–H and O–H groups in total. The van der Waals surface area contributed by atoms with Crippen molar-refractivity contribution in [1.29, 1.82) is 0 Å². The Kier molecular flexibility index (Phi) is 4.44. The van der Waals surface area contributed by atoms with Gasteiger partial charge in [-0.1, -0.05) is 12.1 Å². The van der Waals surface area contributed by atoms with Crippen LogP contribution in [0.1, 0.15) is 0 Å². The van der Waals surface area contributed by atoms with Crippen LogP contribution in [-0.4, -0.2) is 34.9 Å². The first-order chi connectivity index (χ1) is 8.04. The smallest absolute Gasteiger partial charge is 0.368 e. The Bertz CT molecular complexity index is 504. The zero-order valence-electron chi connectivity index (χ0n) is 8.78. The Morgan fingerprint density at radius 1 is 1.29 bits per heavy atom. The highest BCUT2D eigenvalue weighted by molar-refractivity contribution is 5.77. The Labute approximate surface area is 95.9 Å². The number of nitrogens with zero attached hydrogens (tertiary/aromatic N) is 2. The van der Waals surface area contributed by atoms with Crippen molar-refractivity contribution in [3.8, 4) is 0 Å². The van der Waals surface area contributed by atoms with E-state index in [0.717, 1.165) is 0 Å². The van der Waals surface area contributed by atoms with Crippen molar-refractivity contribution in [2.45, 2.75) is 6.04 Å². The maximum Gasteiger partial charge on any atom is 0.368 e. The van der Waals surface area contributed by atoms with Crippen LogP contribution < -0.4 is 16.4 Å². The summed E-state index contributed by atoms with van der Waals surface area (Å²) in [6.07, 6.45) is 0. The summed E-state index contributed by atoms with van der Waals surface area (Å²) in [5.41, 5.74) is 4.77. The van der Waals surface area contributed by atoms with Crippen LogP contribution in [-0.2, 0) is 4.79 Å². The van der Waals surface area contributed by atoms with E-state index >= 15 is 0 Å². The van der Waals surface area contributed by atoms with Gasteiger partial charge in [-0.25, -0.2) is 4.79 Å². The number of hydrogen-bond donors (Lipinski definition) is 3. The predicted molar refractivity (Wildman–Crippen MR) is 56.8 cm³/mol. The molecule has 17 heavy (non-hydrogen) atoms. The van der Waals surface area contributed by atoms with Crippen LogP contribution in [0.25, 0.3) is 0 Å². The van der Waals surface area contributed by atoms with Crippen molar-refractivity contribution in [1.82, 2.24) is 0 Å². The van der Waals surface area contributed by atoms with Gasteiger partial charge in [0, 0.05) is 0 Å². The maximum absolute atomic E-state index is 10.6. The van der Waals surface area contributed by atoms with Crippen molar-refractivity contribution in [3.05, 3.63) is 35.0 Å². The van der Waals surface area contributed by atoms with Gasteiger partial charge in [-0.15, -0.1) is 0 Å². The Morgan fingerprint density at radius 2 is 1.76 bits per heavy atom. The molecular weight excluding hydrogens is 226 g/mol. The van der Waals surface area contributed by atoms with Gasteiger partial charge in [-0.05, 0) is 12.1 Å². The van der Waals surface area contributed by atoms with Gasteiger partial charge in [0.1, 0.15) is 6.04 Å². The molecule has 1 aromatic rings. The second kappa shape index (κ2) is 5.83. The number of rotatable bonds is 2. The maximum atomic E-state index is 10.6. The Morgan fingerprint density at radius 3 is 2.06 bits per heavy atom. The topological polar surface area (TPSA) is 125 Å². The quantitative estimate of drug-likeness (QED) is 0.574. The molecule has 1 aliphatic rings. The number of aliphatic carboxylic acids is 1. The monoisotopic (exact) mass is 237 g/mol. The van der Waals surface area contributed by atoms with E-state index in [1.807, 2.05) is 12.1 Å². The number of amides is 2. The molecule has 0 unspecified atom stereocenters. The van der Waals surface area contributed by atoms with Gasteiger partial charge in [0.25, 0.3) is 0 Å². The number of benzene rings is 1. The second-order valence-electron chi connectivity index (χ2n) is 3.12. The molecule has 1 aliphatic heterocycles. The molecule has 0 fully saturated rings. The summed E-state index contributed by atoms with van der Waals surface area (Å²) >= 11 is 0. The number of aliphatic hydroxyl groups excluding tert-OH is 1. The lowest BCUT2D eigenvalue weighted by atomic mass is 10.3. The van der Waals surface area contributed by atoms with Gasteiger partial charge in [-0.2, -0.15) is 9.98 Å². The lowest BCUT2D eigenvalue weighted by Gasteiger charge is -1.96. The zero-order chi connectivity index (χ0) is 12.8. The van der Waals surface area contributed by atoms with Gasteiger partial charge in [0.15, 0.2) is 0 Å². The van der Waals surface area contributed by atoms with Crippen LogP contribution in [0.3, 0.4) is 0 Å². The van der Waals surface area contributed by atoms with E-state index in [-0.39, 0.29) is 0 Å². The average molecular weight is 237 g/mol. The van der Waals surface area contributed by atoms with Crippen molar-refractivity contribution >= 4 is 12.0 Å². The second-order valence-corrected chi connectivity index (χ2v) is 3.12. The summed E-state index contributed by atoms with van der Waals surface area (Å²) in [5.74, 6) is -1.18. The normalized spacial score (nSPS) is 13.6. The number of fused-ring (bicyclic) bond motifs is 1. The van der Waals surface area contributed by atoms with Gasteiger partial charge < -0.3 is 15.9 Å². The first-order valence-electron chi connectivity index (χ1n) is 4.70. The molecule has 0 aliphatic carbocycles. The summed E-state index contributed by atoms with van der Waals surface area (Å²) < 4.78 is 0. The number of carboxylic acid groups (broad SMARTS) is 1. The van der Waals surface area contributed by atoms with Gasteiger partial charge in [0.2, 0.25) is 0 Å². The van der Waals surface area contributed by atoms with E-state index in [2.05, 4.69) is 9.98 Å². The van der Waals surface area contributed by atoms with E-state index in [1.54, 1.807) is 12.1 Å². The lowest BCUT2D eigenvalue weighted by Crippen LogP contribution is -2.33. The summed E-state index contributed by atoms with van der Waals surface area (Å²) in [6, 6.07) is 5.67. The fourth-order valence-electron chi connectivity index (χ4n) is 0.962. The minimum Gasteiger partial charge on any atom is -0.480 e. The largest absolute Gasteiger partial charge is 0.480 e. The number of carbonyl (C=O) groups is 2. The number of carboxylic acids is 1. The number of nitrogens with two attached hydrogens (primary N) is 1. The first kappa shape index (κ1) is 12.9. The number of aliphatic hydroxyl groups is 1. The SMILES string of the molecule is N[C@@H](CO)C(=O)O.O=C1N=c2ccccc2=N1. The molecular formula is C10H11N3O4. The molecule has 0 saturated carbocycles. The van der Waals surface area contributed by atoms with Crippen molar-refractivity contribution in [2.24, 2.45) is 15.7 Å². The fraction of sp³-hybridized carbons (Fsp3) is 0.200. The molecule has 2 amide bonds. The molecule has 0 bridgehead atoms. The van der Waals surface area contributed by atoms with Crippen molar-refractivity contribution in [3.63, 3.8) is 0 Å². The summed E-state index contributed by atoms with van der Waals surface area (Å²) in [4.78, 5) is 27.5. The molecule has 0 radical (unpaired) electrons. The van der Waals surface area contributed by atoms with Crippen LogP contribution >= 0.6 is 0 Å². The number of hydrogen-bond acceptors (Lipinski definition) is 4. The molecule has 7 nitrogen and oxygen atoms in total. The molecule has 2 rings (SSSR count).